The number of hydrogen-bond acceptors (Lipinski definition) is 4. The fourth-order valence-corrected chi connectivity index (χ4v) is 2.08. The van der Waals surface area contributed by atoms with Crippen molar-refractivity contribution in [3.05, 3.63) is 23.5 Å². The zero-order valence-electron chi connectivity index (χ0n) is 13.3. The van der Waals surface area contributed by atoms with Crippen molar-refractivity contribution in [2.45, 2.75) is 46.2 Å². The maximum absolute atomic E-state index is 12.3. The van der Waals surface area contributed by atoms with Crippen molar-refractivity contribution in [3.63, 3.8) is 0 Å². The van der Waals surface area contributed by atoms with Crippen molar-refractivity contribution in [1.82, 2.24) is 20.1 Å². The van der Waals surface area contributed by atoms with E-state index in [0.717, 1.165) is 5.39 Å². The number of pyridine rings is 1. The molecule has 2 heterocycles. The number of carbonyl (C=O) groups excluding carboxylic acids is 1. The van der Waals surface area contributed by atoms with E-state index in [9.17, 15) is 9.59 Å². The quantitative estimate of drug-likeness (QED) is 0.899. The smallest absolute Gasteiger partial charge is 0.328 e. The lowest BCUT2D eigenvalue weighted by atomic mass is 10.0. The van der Waals surface area contributed by atoms with Gasteiger partial charge in [0, 0.05) is 11.4 Å². The Hall–Kier alpha value is -2.44. The van der Waals surface area contributed by atoms with Crippen LogP contribution in [0, 0.1) is 6.92 Å². The van der Waals surface area contributed by atoms with Gasteiger partial charge in [-0.15, -0.1) is 0 Å². The molecule has 0 fully saturated rings. The molecule has 22 heavy (non-hydrogen) atoms. The molecule has 0 aliphatic heterocycles. The van der Waals surface area contributed by atoms with Crippen LogP contribution in [0.3, 0.4) is 0 Å². The average Bonchev–Trinajstić information content (AvgIpc) is 2.79. The molecule has 0 bridgehead atoms. The Morgan fingerprint density at radius 3 is 2.55 bits per heavy atom. The van der Waals surface area contributed by atoms with E-state index < -0.39 is 17.4 Å². The Bertz CT molecular complexity index is 747. The van der Waals surface area contributed by atoms with Crippen molar-refractivity contribution in [2.24, 2.45) is 0 Å². The SMILES string of the molecule is Cc1nc2c(cnn2C(C)C)cc1C(=O)NC(C)(C)C(=O)O. The molecule has 0 aliphatic carbocycles. The number of carboxylic acid groups (broad SMARTS) is 1. The number of aromatic nitrogens is 3. The van der Waals surface area contributed by atoms with Gasteiger partial charge in [-0.25, -0.2) is 14.5 Å². The highest BCUT2D eigenvalue weighted by Gasteiger charge is 2.30. The Labute approximate surface area is 128 Å². The van der Waals surface area contributed by atoms with Gasteiger partial charge in [0.15, 0.2) is 5.65 Å². The van der Waals surface area contributed by atoms with Crippen LogP contribution in [0.2, 0.25) is 0 Å². The summed E-state index contributed by atoms with van der Waals surface area (Å²) in [4.78, 5) is 27.9. The van der Waals surface area contributed by atoms with E-state index in [1.807, 2.05) is 13.8 Å². The van der Waals surface area contributed by atoms with Crippen LogP contribution in [0.15, 0.2) is 12.3 Å². The topological polar surface area (TPSA) is 97.1 Å². The predicted molar refractivity (Wildman–Crippen MR) is 81.8 cm³/mol. The number of nitrogens with zero attached hydrogens (tertiary/aromatic N) is 3. The fraction of sp³-hybridized carbons (Fsp3) is 0.467. The van der Waals surface area contributed by atoms with Gasteiger partial charge in [-0.1, -0.05) is 0 Å². The molecule has 0 aliphatic rings. The first kappa shape index (κ1) is 15.9. The third-order valence-corrected chi connectivity index (χ3v) is 3.45. The molecule has 2 aromatic rings. The minimum absolute atomic E-state index is 0.162. The summed E-state index contributed by atoms with van der Waals surface area (Å²) < 4.78 is 1.78. The number of aliphatic carboxylic acids is 1. The van der Waals surface area contributed by atoms with Gasteiger partial charge in [0.2, 0.25) is 0 Å². The van der Waals surface area contributed by atoms with Gasteiger partial charge in [0.1, 0.15) is 5.54 Å². The largest absolute Gasteiger partial charge is 0.480 e. The molecule has 0 aromatic carbocycles. The summed E-state index contributed by atoms with van der Waals surface area (Å²) in [6.07, 6.45) is 1.65. The molecule has 0 saturated carbocycles. The van der Waals surface area contributed by atoms with E-state index in [1.165, 1.54) is 13.8 Å². The van der Waals surface area contributed by atoms with Crippen LogP contribution in [0.4, 0.5) is 0 Å². The fourth-order valence-electron chi connectivity index (χ4n) is 2.08. The van der Waals surface area contributed by atoms with E-state index in [2.05, 4.69) is 15.4 Å². The molecule has 2 N–H and O–H groups in total. The third-order valence-electron chi connectivity index (χ3n) is 3.45. The number of carboxylic acids is 1. The maximum Gasteiger partial charge on any atom is 0.328 e. The van der Waals surface area contributed by atoms with E-state index >= 15 is 0 Å². The number of nitrogens with one attached hydrogen (secondary N) is 1. The molecule has 2 aromatic heterocycles. The summed E-state index contributed by atoms with van der Waals surface area (Å²) in [5, 5.41) is 16.6. The third kappa shape index (κ3) is 2.79. The van der Waals surface area contributed by atoms with Crippen molar-refractivity contribution in [2.75, 3.05) is 0 Å². The average molecular weight is 304 g/mol. The molecule has 2 rings (SSSR count). The molecular weight excluding hydrogens is 284 g/mol. The highest BCUT2D eigenvalue weighted by Crippen LogP contribution is 2.19. The molecule has 1 amide bonds. The summed E-state index contributed by atoms with van der Waals surface area (Å²) in [6.45, 7) is 8.59. The van der Waals surface area contributed by atoms with Gasteiger partial charge < -0.3 is 10.4 Å². The van der Waals surface area contributed by atoms with Crippen LogP contribution in [0.5, 0.6) is 0 Å². The zero-order valence-corrected chi connectivity index (χ0v) is 13.3. The van der Waals surface area contributed by atoms with Gasteiger partial charge in [-0.3, -0.25) is 4.79 Å². The summed E-state index contributed by atoms with van der Waals surface area (Å²) in [5.41, 5.74) is 0.251. The van der Waals surface area contributed by atoms with Gasteiger partial charge in [0.25, 0.3) is 5.91 Å². The Morgan fingerprint density at radius 2 is 2.00 bits per heavy atom. The highest BCUT2D eigenvalue weighted by atomic mass is 16.4. The lowest BCUT2D eigenvalue weighted by Crippen LogP contribution is -2.49. The normalized spacial score (nSPS) is 11.9. The highest BCUT2D eigenvalue weighted by molar-refractivity contribution is 6.00. The van der Waals surface area contributed by atoms with E-state index in [4.69, 9.17) is 5.11 Å². The predicted octanol–water partition coefficient (Wildman–Crippen LogP) is 1.91. The first-order valence-electron chi connectivity index (χ1n) is 7.04. The van der Waals surface area contributed by atoms with Crippen molar-refractivity contribution in [1.29, 1.82) is 0 Å². The molecule has 7 nitrogen and oxygen atoms in total. The van der Waals surface area contributed by atoms with Crippen LogP contribution < -0.4 is 5.32 Å². The van der Waals surface area contributed by atoms with Crippen molar-refractivity contribution >= 4 is 22.9 Å². The number of carbonyl (C=O) groups is 2. The summed E-state index contributed by atoms with van der Waals surface area (Å²) in [6, 6.07) is 1.85. The Kier molecular flexibility index (Phi) is 3.91. The van der Waals surface area contributed by atoms with Crippen LogP contribution in [0.25, 0.3) is 11.0 Å². The first-order chi connectivity index (χ1) is 10.1. The van der Waals surface area contributed by atoms with Crippen molar-refractivity contribution < 1.29 is 14.7 Å². The van der Waals surface area contributed by atoms with Crippen LogP contribution >= 0.6 is 0 Å². The van der Waals surface area contributed by atoms with Gasteiger partial charge in [-0.2, -0.15) is 5.10 Å². The van der Waals surface area contributed by atoms with E-state index in [1.54, 1.807) is 23.9 Å². The zero-order chi connectivity index (χ0) is 16.7. The van der Waals surface area contributed by atoms with Crippen molar-refractivity contribution in [3.8, 4) is 0 Å². The molecule has 7 heteroatoms. The molecule has 0 spiro atoms. The number of amides is 1. The van der Waals surface area contributed by atoms with Gasteiger partial charge >= 0.3 is 5.97 Å². The van der Waals surface area contributed by atoms with Crippen LogP contribution in [-0.4, -0.2) is 37.3 Å². The number of rotatable bonds is 4. The number of fused-ring (bicyclic) bond motifs is 1. The maximum atomic E-state index is 12.3. The van der Waals surface area contributed by atoms with Crippen LogP contribution in [0.1, 0.15) is 49.8 Å². The minimum atomic E-state index is -1.35. The van der Waals surface area contributed by atoms with Crippen LogP contribution in [-0.2, 0) is 4.79 Å². The lowest BCUT2D eigenvalue weighted by molar-refractivity contribution is -0.143. The number of aryl methyl sites for hydroxylation is 1. The van der Waals surface area contributed by atoms with E-state index in [0.29, 0.717) is 16.9 Å². The molecule has 0 radical (unpaired) electrons. The second-order valence-electron chi connectivity index (χ2n) is 6.10. The van der Waals surface area contributed by atoms with E-state index in [-0.39, 0.29) is 6.04 Å². The Balaban J connectivity index is 2.42. The van der Waals surface area contributed by atoms with Gasteiger partial charge in [-0.05, 0) is 40.7 Å². The van der Waals surface area contributed by atoms with Gasteiger partial charge in [0.05, 0.1) is 17.5 Å². The molecule has 0 saturated heterocycles. The number of hydrogen-bond donors (Lipinski definition) is 2. The molecule has 0 unspecified atom stereocenters. The second kappa shape index (κ2) is 5.40. The Morgan fingerprint density at radius 1 is 1.36 bits per heavy atom. The summed E-state index contributed by atoms with van der Waals surface area (Å²) >= 11 is 0. The molecule has 118 valence electrons. The second-order valence-corrected chi connectivity index (χ2v) is 6.10. The standard InChI is InChI=1S/C15H20N4O3/c1-8(2)19-12-10(7-16-19)6-11(9(3)17-12)13(20)18-15(4,5)14(21)22/h6-8H,1-5H3,(H,18,20)(H,21,22). The molecule has 0 atom stereocenters. The summed E-state index contributed by atoms with van der Waals surface area (Å²) in [7, 11) is 0. The lowest BCUT2D eigenvalue weighted by Gasteiger charge is -2.21. The minimum Gasteiger partial charge on any atom is -0.480 e. The monoisotopic (exact) mass is 304 g/mol. The first-order valence-corrected chi connectivity index (χ1v) is 7.04. The summed E-state index contributed by atoms with van der Waals surface area (Å²) in [5.74, 6) is -1.56. The molecular formula is C15H20N4O3.